The molecular formula is C11H18F3NO3. The van der Waals surface area contributed by atoms with Crippen LogP contribution < -0.4 is 5.32 Å². The molecule has 0 bridgehead atoms. The minimum absolute atomic E-state index is 0.0786. The molecule has 2 N–H and O–H groups in total. The Morgan fingerprint density at radius 2 is 1.94 bits per heavy atom. The fraction of sp³-hybridized carbons (Fsp3) is 0.909. The normalized spacial score (nSPS) is 29.2. The largest absolute Gasteiger partial charge is 0.444 e. The molecule has 1 aliphatic rings. The quantitative estimate of drug-likeness (QED) is 0.768. The molecule has 1 amide bonds. The molecule has 0 aromatic rings. The Labute approximate surface area is 103 Å². The van der Waals surface area contributed by atoms with E-state index in [1.807, 2.05) is 0 Å². The van der Waals surface area contributed by atoms with Crippen LogP contribution >= 0.6 is 0 Å². The number of alkyl carbamates (subject to hydrolysis) is 1. The summed E-state index contributed by atoms with van der Waals surface area (Å²) in [6.45, 7) is 4.82. The smallest absolute Gasteiger partial charge is 0.419 e. The molecule has 4 nitrogen and oxygen atoms in total. The molecule has 0 spiro atoms. The molecule has 18 heavy (non-hydrogen) atoms. The molecule has 1 saturated carbocycles. The maximum atomic E-state index is 12.7. The second-order valence-corrected chi connectivity index (χ2v) is 5.51. The summed E-state index contributed by atoms with van der Waals surface area (Å²) in [6.07, 6.45) is -5.83. The van der Waals surface area contributed by atoms with E-state index < -0.39 is 35.9 Å². The van der Waals surface area contributed by atoms with Gasteiger partial charge in [0.2, 0.25) is 0 Å². The van der Waals surface area contributed by atoms with Crippen LogP contribution in [0.3, 0.4) is 0 Å². The van der Waals surface area contributed by atoms with Crippen molar-refractivity contribution >= 4 is 6.09 Å². The number of nitrogens with one attached hydrogen (secondary N) is 1. The highest BCUT2D eigenvalue weighted by molar-refractivity contribution is 5.68. The first-order valence-corrected chi connectivity index (χ1v) is 5.74. The molecule has 106 valence electrons. The van der Waals surface area contributed by atoms with Gasteiger partial charge in [0.25, 0.3) is 0 Å². The number of rotatable bonds is 1. The van der Waals surface area contributed by atoms with Crippen LogP contribution in [0.5, 0.6) is 0 Å². The summed E-state index contributed by atoms with van der Waals surface area (Å²) in [4.78, 5) is 11.4. The van der Waals surface area contributed by atoms with E-state index in [9.17, 15) is 23.1 Å². The lowest BCUT2D eigenvalue weighted by atomic mass is 9.97. The Kier molecular flexibility index (Phi) is 3.86. The van der Waals surface area contributed by atoms with Crippen molar-refractivity contribution in [2.45, 2.75) is 63.5 Å². The van der Waals surface area contributed by atoms with Crippen molar-refractivity contribution in [1.82, 2.24) is 5.32 Å². The number of ether oxygens (including phenoxy) is 1. The molecule has 0 heterocycles. The Balaban J connectivity index is 2.70. The number of carbonyl (C=O) groups excluding carboxylic acids is 1. The van der Waals surface area contributed by atoms with Crippen molar-refractivity contribution in [3.05, 3.63) is 0 Å². The maximum absolute atomic E-state index is 12.7. The predicted octanol–water partition coefficient (Wildman–Crippen LogP) is 2.36. The fourth-order valence-corrected chi connectivity index (χ4v) is 1.97. The number of hydrogen-bond donors (Lipinski definition) is 2. The Morgan fingerprint density at radius 1 is 1.39 bits per heavy atom. The molecule has 2 atom stereocenters. The van der Waals surface area contributed by atoms with Crippen LogP contribution in [0, 0.1) is 0 Å². The zero-order valence-corrected chi connectivity index (χ0v) is 10.6. The number of carbonyl (C=O) groups is 1. The first kappa shape index (κ1) is 15.1. The van der Waals surface area contributed by atoms with Crippen LogP contribution in [0.1, 0.15) is 40.0 Å². The monoisotopic (exact) mass is 269 g/mol. The van der Waals surface area contributed by atoms with E-state index in [1.54, 1.807) is 20.8 Å². The van der Waals surface area contributed by atoms with Gasteiger partial charge in [0.1, 0.15) is 5.60 Å². The van der Waals surface area contributed by atoms with Gasteiger partial charge in [-0.25, -0.2) is 4.79 Å². The third-order valence-electron chi connectivity index (χ3n) is 2.81. The lowest BCUT2D eigenvalue weighted by Crippen LogP contribution is -2.58. The van der Waals surface area contributed by atoms with E-state index in [-0.39, 0.29) is 12.8 Å². The molecule has 1 rings (SSSR count). The number of aliphatic hydroxyl groups is 1. The summed E-state index contributed by atoms with van der Waals surface area (Å²) in [5.74, 6) is 0. The van der Waals surface area contributed by atoms with Gasteiger partial charge < -0.3 is 15.2 Å². The van der Waals surface area contributed by atoms with Crippen LogP contribution in [-0.4, -0.2) is 34.6 Å². The Morgan fingerprint density at radius 3 is 2.39 bits per heavy atom. The van der Waals surface area contributed by atoms with E-state index in [1.165, 1.54) is 0 Å². The minimum Gasteiger partial charge on any atom is -0.444 e. The van der Waals surface area contributed by atoms with E-state index in [0.717, 1.165) is 0 Å². The zero-order valence-electron chi connectivity index (χ0n) is 10.6. The summed E-state index contributed by atoms with van der Waals surface area (Å²) in [7, 11) is 0. The van der Waals surface area contributed by atoms with Gasteiger partial charge in [0.15, 0.2) is 5.60 Å². The lowest BCUT2D eigenvalue weighted by Gasteiger charge is -2.33. The van der Waals surface area contributed by atoms with Gasteiger partial charge in [-0.2, -0.15) is 13.2 Å². The van der Waals surface area contributed by atoms with Gasteiger partial charge in [0, 0.05) is 0 Å². The van der Waals surface area contributed by atoms with Crippen molar-refractivity contribution in [3.63, 3.8) is 0 Å². The highest BCUT2D eigenvalue weighted by atomic mass is 19.4. The highest BCUT2D eigenvalue weighted by Gasteiger charge is 2.61. The van der Waals surface area contributed by atoms with Crippen molar-refractivity contribution in [2.24, 2.45) is 0 Å². The Hall–Kier alpha value is -0.980. The fourth-order valence-electron chi connectivity index (χ4n) is 1.97. The lowest BCUT2D eigenvalue weighted by molar-refractivity contribution is -0.263. The van der Waals surface area contributed by atoms with E-state index in [4.69, 9.17) is 4.74 Å². The number of hydrogen-bond acceptors (Lipinski definition) is 3. The Bertz CT molecular complexity index is 324. The molecule has 0 aliphatic heterocycles. The SMILES string of the molecule is CC(C)(C)OC(=O)N[C@@H]1CCC[C@@]1(O)C(F)(F)F. The van der Waals surface area contributed by atoms with Gasteiger partial charge in [-0.15, -0.1) is 0 Å². The van der Waals surface area contributed by atoms with Crippen LogP contribution in [-0.2, 0) is 4.74 Å². The van der Waals surface area contributed by atoms with E-state index in [2.05, 4.69) is 5.32 Å². The van der Waals surface area contributed by atoms with Crippen LogP contribution in [0.2, 0.25) is 0 Å². The third-order valence-corrected chi connectivity index (χ3v) is 2.81. The molecule has 0 radical (unpaired) electrons. The van der Waals surface area contributed by atoms with Gasteiger partial charge in [-0.3, -0.25) is 0 Å². The number of amides is 1. The molecule has 1 aliphatic carbocycles. The predicted molar refractivity (Wildman–Crippen MR) is 58.0 cm³/mol. The zero-order chi connectivity index (χ0) is 14.2. The summed E-state index contributed by atoms with van der Waals surface area (Å²) in [5, 5.41) is 11.7. The minimum atomic E-state index is -4.76. The van der Waals surface area contributed by atoms with E-state index in [0.29, 0.717) is 0 Å². The van der Waals surface area contributed by atoms with Crippen molar-refractivity contribution in [1.29, 1.82) is 0 Å². The molecule has 0 aromatic carbocycles. The molecular weight excluding hydrogens is 251 g/mol. The first-order valence-electron chi connectivity index (χ1n) is 5.74. The van der Waals surface area contributed by atoms with E-state index >= 15 is 0 Å². The second-order valence-electron chi connectivity index (χ2n) is 5.51. The summed E-state index contributed by atoms with van der Waals surface area (Å²) >= 11 is 0. The maximum Gasteiger partial charge on any atom is 0.419 e. The molecule has 1 fully saturated rings. The van der Waals surface area contributed by atoms with Crippen LogP contribution in [0.15, 0.2) is 0 Å². The summed E-state index contributed by atoms with van der Waals surface area (Å²) in [5.41, 5.74) is -3.65. The van der Waals surface area contributed by atoms with Gasteiger partial charge in [-0.05, 0) is 40.0 Å². The highest BCUT2D eigenvalue weighted by Crippen LogP contribution is 2.43. The standard InChI is InChI=1S/C11H18F3NO3/c1-9(2,3)18-8(16)15-7-5-4-6-10(7,17)11(12,13)14/h7,17H,4-6H2,1-3H3,(H,15,16)/t7-,10+/m1/s1. The molecule has 0 unspecified atom stereocenters. The average molecular weight is 269 g/mol. The van der Waals surface area contributed by atoms with Crippen molar-refractivity contribution in [3.8, 4) is 0 Å². The summed E-state index contributed by atoms with van der Waals surface area (Å²) in [6, 6.07) is -1.35. The third kappa shape index (κ3) is 3.28. The molecule has 0 saturated heterocycles. The average Bonchev–Trinajstić information content (AvgIpc) is 2.44. The second kappa shape index (κ2) is 4.60. The number of halogens is 3. The van der Waals surface area contributed by atoms with Crippen molar-refractivity contribution < 1.29 is 27.8 Å². The van der Waals surface area contributed by atoms with Crippen molar-refractivity contribution in [2.75, 3.05) is 0 Å². The number of alkyl halides is 3. The summed E-state index contributed by atoms with van der Waals surface area (Å²) < 4.78 is 43.1. The van der Waals surface area contributed by atoms with Crippen LogP contribution in [0.4, 0.5) is 18.0 Å². The first-order chi connectivity index (χ1) is 7.96. The topological polar surface area (TPSA) is 58.6 Å². The van der Waals surface area contributed by atoms with Gasteiger partial charge in [-0.1, -0.05) is 0 Å². The molecule has 0 aromatic heterocycles. The van der Waals surface area contributed by atoms with Crippen LogP contribution in [0.25, 0.3) is 0 Å². The van der Waals surface area contributed by atoms with Gasteiger partial charge in [0.05, 0.1) is 6.04 Å². The van der Waals surface area contributed by atoms with Gasteiger partial charge >= 0.3 is 12.3 Å². The molecule has 7 heteroatoms.